The maximum atomic E-state index is 5.95. The molecule has 1 aromatic carbocycles. The number of benzene rings is 1. The third-order valence-electron chi connectivity index (χ3n) is 3.75. The van der Waals surface area contributed by atoms with Gasteiger partial charge in [-0.15, -0.1) is 0 Å². The van der Waals surface area contributed by atoms with Crippen LogP contribution in [0.4, 0.5) is 5.69 Å². The van der Waals surface area contributed by atoms with E-state index < -0.39 is 0 Å². The van der Waals surface area contributed by atoms with E-state index in [1.165, 1.54) is 37.1 Å². The zero-order valence-electron chi connectivity index (χ0n) is 11.3. The zero-order chi connectivity index (χ0) is 13.1. The number of anilines is 1. The molecule has 0 saturated heterocycles. The highest BCUT2D eigenvalue weighted by Gasteiger charge is 2.20. The molecule has 1 aromatic rings. The molecule has 1 saturated carbocycles. The second-order valence-electron chi connectivity index (χ2n) is 5.63. The van der Waals surface area contributed by atoms with Gasteiger partial charge >= 0.3 is 0 Å². The summed E-state index contributed by atoms with van der Waals surface area (Å²) in [4.78, 5) is 2.40. The van der Waals surface area contributed by atoms with Crippen LogP contribution in [0.3, 0.4) is 0 Å². The van der Waals surface area contributed by atoms with Crippen LogP contribution in [0, 0.1) is 5.92 Å². The average Bonchev–Trinajstić information content (AvgIpc) is 2.22. The summed E-state index contributed by atoms with van der Waals surface area (Å²) in [5.74, 6) is 0.891. The Bertz CT molecular complexity index is 399. The maximum Gasteiger partial charge on any atom is 0.0397 e. The lowest BCUT2D eigenvalue weighted by Gasteiger charge is -2.32. The molecule has 2 N–H and O–H groups in total. The highest BCUT2D eigenvalue weighted by molar-refractivity contribution is 9.10. The second-order valence-corrected chi connectivity index (χ2v) is 6.55. The molecule has 1 aliphatic carbocycles. The van der Waals surface area contributed by atoms with Gasteiger partial charge in [-0.05, 0) is 55.9 Å². The third kappa shape index (κ3) is 3.48. The van der Waals surface area contributed by atoms with E-state index in [-0.39, 0.29) is 6.04 Å². The second kappa shape index (κ2) is 6.07. The molecule has 0 heterocycles. The van der Waals surface area contributed by atoms with Crippen LogP contribution in [0.1, 0.15) is 31.7 Å². The first-order chi connectivity index (χ1) is 8.56. The summed E-state index contributed by atoms with van der Waals surface area (Å²) in [5.41, 5.74) is 8.63. The fourth-order valence-electron chi connectivity index (χ4n) is 2.60. The maximum absolute atomic E-state index is 5.95. The molecule has 0 radical (unpaired) electrons. The molecule has 0 bridgehead atoms. The van der Waals surface area contributed by atoms with Gasteiger partial charge in [-0.3, -0.25) is 0 Å². The standard InChI is InChI=1S/C15H23BrN2/c1-11(17)8-13-9-14(16)6-7-15(13)18(2)10-12-4-3-5-12/h6-7,9,11-12H,3-5,8,10,17H2,1-2H3. The van der Waals surface area contributed by atoms with E-state index in [0.29, 0.717) is 0 Å². The van der Waals surface area contributed by atoms with Crippen LogP contribution < -0.4 is 10.6 Å². The van der Waals surface area contributed by atoms with Crippen molar-refractivity contribution in [2.45, 2.75) is 38.6 Å². The first kappa shape index (κ1) is 13.9. The first-order valence-corrected chi connectivity index (χ1v) is 7.60. The Kier molecular flexibility index (Phi) is 4.68. The lowest BCUT2D eigenvalue weighted by molar-refractivity contribution is 0.321. The van der Waals surface area contributed by atoms with Crippen LogP contribution in [-0.2, 0) is 6.42 Å². The predicted molar refractivity (Wildman–Crippen MR) is 82.1 cm³/mol. The molecule has 100 valence electrons. The lowest BCUT2D eigenvalue weighted by atomic mass is 9.85. The number of halogens is 1. The Morgan fingerprint density at radius 1 is 1.44 bits per heavy atom. The molecular weight excluding hydrogens is 288 g/mol. The Labute approximate surface area is 119 Å². The molecule has 0 spiro atoms. The fraction of sp³-hybridized carbons (Fsp3) is 0.600. The Morgan fingerprint density at radius 2 is 2.17 bits per heavy atom. The minimum Gasteiger partial charge on any atom is -0.374 e. The highest BCUT2D eigenvalue weighted by atomic mass is 79.9. The van der Waals surface area contributed by atoms with E-state index in [0.717, 1.165) is 16.8 Å². The molecular formula is C15H23BrN2. The van der Waals surface area contributed by atoms with Gasteiger partial charge in [0.05, 0.1) is 0 Å². The van der Waals surface area contributed by atoms with Crippen molar-refractivity contribution in [3.05, 3.63) is 28.2 Å². The van der Waals surface area contributed by atoms with E-state index in [1.54, 1.807) is 0 Å². The van der Waals surface area contributed by atoms with E-state index in [9.17, 15) is 0 Å². The molecule has 0 aliphatic heterocycles. The monoisotopic (exact) mass is 310 g/mol. The predicted octanol–water partition coefficient (Wildman–Crippen LogP) is 3.58. The lowest BCUT2D eigenvalue weighted by Crippen LogP contribution is -2.30. The molecule has 2 nitrogen and oxygen atoms in total. The average molecular weight is 311 g/mol. The number of hydrogen-bond donors (Lipinski definition) is 1. The summed E-state index contributed by atoms with van der Waals surface area (Å²) >= 11 is 3.55. The molecule has 1 aliphatic rings. The van der Waals surface area contributed by atoms with Gasteiger partial charge < -0.3 is 10.6 Å². The topological polar surface area (TPSA) is 29.3 Å². The van der Waals surface area contributed by atoms with Crippen molar-refractivity contribution in [1.82, 2.24) is 0 Å². The van der Waals surface area contributed by atoms with Gasteiger partial charge in [-0.1, -0.05) is 22.4 Å². The smallest absolute Gasteiger partial charge is 0.0397 e. The van der Waals surface area contributed by atoms with E-state index in [1.807, 2.05) is 0 Å². The Hall–Kier alpha value is -0.540. The summed E-state index contributed by atoms with van der Waals surface area (Å²) in [6.07, 6.45) is 5.13. The zero-order valence-corrected chi connectivity index (χ0v) is 12.9. The van der Waals surface area contributed by atoms with E-state index >= 15 is 0 Å². The third-order valence-corrected chi connectivity index (χ3v) is 4.24. The van der Waals surface area contributed by atoms with Crippen LogP contribution >= 0.6 is 15.9 Å². The number of hydrogen-bond acceptors (Lipinski definition) is 2. The van der Waals surface area contributed by atoms with Gasteiger partial charge in [-0.2, -0.15) is 0 Å². The van der Waals surface area contributed by atoms with Gasteiger partial charge in [0.2, 0.25) is 0 Å². The molecule has 3 heteroatoms. The summed E-state index contributed by atoms with van der Waals surface area (Å²) in [6, 6.07) is 6.74. The minimum absolute atomic E-state index is 0.204. The summed E-state index contributed by atoms with van der Waals surface area (Å²) in [7, 11) is 2.20. The SMILES string of the molecule is CC(N)Cc1cc(Br)ccc1N(C)CC1CCC1. The summed E-state index contributed by atoms with van der Waals surface area (Å²) in [5, 5.41) is 0. The Balaban J connectivity index is 2.13. The van der Waals surface area contributed by atoms with Crippen LogP contribution in [0.15, 0.2) is 22.7 Å². The van der Waals surface area contributed by atoms with Gasteiger partial charge in [-0.25, -0.2) is 0 Å². The van der Waals surface area contributed by atoms with E-state index in [4.69, 9.17) is 5.73 Å². The molecule has 18 heavy (non-hydrogen) atoms. The van der Waals surface area contributed by atoms with Crippen molar-refractivity contribution in [2.75, 3.05) is 18.5 Å². The molecule has 0 amide bonds. The number of nitrogens with zero attached hydrogens (tertiary/aromatic N) is 1. The fourth-order valence-corrected chi connectivity index (χ4v) is 3.01. The van der Waals surface area contributed by atoms with Crippen molar-refractivity contribution < 1.29 is 0 Å². The highest BCUT2D eigenvalue weighted by Crippen LogP contribution is 2.30. The normalized spacial score (nSPS) is 17.3. The van der Waals surface area contributed by atoms with Crippen LogP contribution in [0.5, 0.6) is 0 Å². The largest absolute Gasteiger partial charge is 0.374 e. The van der Waals surface area contributed by atoms with Crippen molar-refractivity contribution in [1.29, 1.82) is 0 Å². The molecule has 0 aromatic heterocycles. The van der Waals surface area contributed by atoms with E-state index in [2.05, 4.69) is 53.0 Å². The number of nitrogens with two attached hydrogens (primary N) is 1. The molecule has 2 rings (SSSR count). The first-order valence-electron chi connectivity index (χ1n) is 6.81. The van der Waals surface area contributed by atoms with Gasteiger partial charge in [0.15, 0.2) is 0 Å². The van der Waals surface area contributed by atoms with Crippen molar-refractivity contribution in [3.63, 3.8) is 0 Å². The van der Waals surface area contributed by atoms with Crippen LogP contribution in [0.2, 0.25) is 0 Å². The van der Waals surface area contributed by atoms with Gasteiger partial charge in [0.1, 0.15) is 0 Å². The Morgan fingerprint density at radius 3 is 2.72 bits per heavy atom. The van der Waals surface area contributed by atoms with Gasteiger partial charge in [0, 0.05) is 29.8 Å². The minimum atomic E-state index is 0.204. The molecule has 1 atom stereocenters. The van der Waals surface area contributed by atoms with Crippen molar-refractivity contribution in [3.8, 4) is 0 Å². The molecule has 1 fully saturated rings. The quantitative estimate of drug-likeness (QED) is 0.900. The van der Waals surface area contributed by atoms with Crippen molar-refractivity contribution in [2.24, 2.45) is 11.7 Å². The molecule has 1 unspecified atom stereocenters. The van der Waals surface area contributed by atoms with Gasteiger partial charge in [0.25, 0.3) is 0 Å². The summed E-state index contributed by atoms with van der Waals surface area (Å²) < 4.78 is 1.14. The van der Waals surface area contributed by atoms with Crippen molar-refractivity contribution >= 4 is 21.6 Å². The van der Waals surface area contributed by atoms with Crippen LogP contribution in [-0.4, -0.2) is 19.6 Å². The van der Waals surface area contributed by atoms with Crippen LogP contribution in [0.25, 0.3) is 0 Å². The number of rotatable bonds is 5. The summed E-state index contributed by atoms with van der Waals surface area (Å²) in [6.45, 7) is 3.24.